The van der Waals surface area contributed by atoms with E-state index in [2.05, 4.69) is 66.5 Å². The number of hydrogen-bond donors (Lipinski definition) is 4. The molecule has 8 rings (SSSR count). The molecule has 0 saturated carbocycles. The number of rotatable bonds is 7. The van der Waals surface area contributed by atoms with Gasteiger partial charge >= 0.3 is 0 Å². The number of aromatic amines is 2. The van der Waals surface area contributed by atoms with E-state index in [4.69, 9.17) is 9.47 Å². The minimum Gasteiger partial charge on any atom is -0.495 e. The van der Waals surface area contributed by atoms with Gasteiger partial charge in [0, 0.05) is 18.7 Å². The van der Waals surface area contributed by atoms with E-state index in [0.29, 0.717) is 35.7 Å². The number of nitrogens with one attached hydrogen (secondary N) is 4. The second-order valence-corrected chi connectivity index (χ2v) is 13.5. The molecule has 0 radical (unpaired) electrons. The largest absolute Gasteiger partial charge is 0.495 e. The number of ether oxygens (including phenoxy) is 2. The van der Waals surface area contributed by atoms with E-state index >= 15 is 0 Å². The first-order valence-corrected chi connectivity index (χ1v) is 16.9. The first-order chi connectivity index (χ1) is 22.7. The van der Waals surface area contributed by atoms with Gasteiger partial charge in [0.05, 0.1) is 54.1 Å². The summed E-state index contributed by atoms with van der Waals surface area (Å²) in [5.41, 5.74) is 7.16. The summed E-state index contributed by atoms with van der Waals surface area (Å²) >= 11 is 3.42. The van der Waals surface area contributed by atoms with Crippen LogP contribution in [0.15, 0.2) is 68.7 Å². The fourth-order valence-corrected chi connectivity index (χ4v) is 6.32. The Morgan fingerprint density at radius 2 is 1.23 bits per heavy atom. The molecule has 0 unspecified atom stereocenters. The van der Waals surface area contributed by atoms with Crippen LogP contribution in [0.4, 0.5) is 23.0 Å². The standard InChI is InChI=1S/C16H15N5O3S.C15H12BrN5O/c1-24-13-4-10-7-17-6-9(10)3-12(13)20-15-11-5-14(25(2,22)23)21-16(11)19-8-18-15;1-22-12-3-9-6-17-5-8(9)2-11(12)20-14-10-4-13(16)21-15(10)19-7-18-14/h3-6,8H,7H2,1-2H3,(H2,18,19,20,21);2-5,7H,6H2,1H3,(H2,18,19,20,21). The minimum atomic E-state index is -3.37. The Morgan fingerprint density at radius 1 is 0.723 bits per heavy atom. The molecular formula is C31H27BrN10O4S. The van der Waals surface area contributed by atoms with Gasteiger partial charge in [-0.05, 0) is 74.6 Å². The molecule has 14 nitrogen and oxygen atoms in total. The molecule has 238 valence electrons. The van der Waals surface area contributed by atoms with E-state index in [-0.39, 0.29) is 5.03 Å². The predicted octanol–water partition coefficient (Wildman–Crippen LogP) is 5.45. The second-order valence-electron chi connectivity index (χ2n) is 10.7. The molecule has 47 heavy (non-hydrogen) atoms. The van der Waals surface area contributed by atoms with Crippen LogP contribution in [0.2, 0.25) is 0 Å². The number of methoxy groups -OCH3 is 2. The first kappa shape index (κ1) is 30.3. The lowest BCUT2D eigenvalue weighted by Crippen LogP contribution is -2.00. The van der Waals surface area contributed by atoms with E-state index in [1.54, 1.807) is 14.2 Å². The van der Waals surface area contributed by atoms with Crippen molar-refractivity contribution >= 4 is 83.3 Å². The van der Waals surface area contributed by atoms with Crippen molar-refractivity contribution < 1.29 is 17.9 Å². The SMILES string of the molecule is COc1cc2c(cc1Nc1ncnc3[nH]c(Br)cc13)C=NC2.COc1cc2c(cc1Nc1ncnc3[nH]c(S(C)(=O)=O)cc13)C=NC2. The molecule has 4 N–H and O–H groups in total. The third kappa shape index (κ3) is 5.99. The second kappa shape index (κ2) is 12.1. The molecule has 6 heterocycles. The van der Waals surface area contributed by atoms with Gasteiger partial charge in [-0.25, -0.2) is 28.4 Å². The third-order valence-corrected chi connectivity index (χ3v) is 9.05. The highest BCUT2D eigenvalue weighted by molar-refractivity contribution is 9.10. The molecular weight excluding hydrogens is 688 g/mol. The molecule has 2 aliphatic heterocycles. The van der Waals surface area contributed by atoms with Crippen molar-refractivity contribution in [3.63, 3.8) is 0 Å². The van der Waals surface area contributed by atoms with Crippen LogP contribution in [0.1, 0.15) is 22.3 Å². The molecule has 0 fully saturated rings. The maximum atomic E-state index is 11.8. The van der Waals surface area contributed by atoms with Crippen molar-refractivity contribution in [2.24, 2.45) is 9.98 Å². The fraction of sp³-hybridized carbons (Fsp3) is 0.161. The Kier molecular flexibility index (Phi) is 7.81. The lowest BCUT2D eigenvalue weighted by Gasteiger charge is -2.13. The Balaban J connectivity index is 0.000000151. The highest BCUT2D eigenvalue weighted by Crippen LogP contribution is 2.35. The van der Waals surface area contributed by atoms with Gasteiger partial charge in [0.1, 0.15) is 52.1 Å². The van der Waals surface area contributed by atoms with Crippen LogP contribution >= 0.6 is 15.9 Å². The maximum absolute atomic E-state index is 11.8. The van der Waals surface area contributed by atoms with Crippen molar-refractivity contribution in [1.29, 1.82) is 0 Å². The summed E-state index contributed by atoms with van der Waals surface area (Å²) in [5, 5.41) is 8.13. The number of aromatic nitrogens is 6. The average Bonchev–Trinajstić information content (AvgIpc) is 3.86. The molecule has 2 aromatic carbocycles. The lowest BCUT2D eigenvalue weighted by atomic mass is 10.1. The minimum absolute atomic E-state index is 0.0964. The lowest BCUT2D eigenvalue weighted by molar-refractivity contribution is 0.416. The first-order valence-electron chi connectivity index (χ1n) is 14.2. The Bertz CT molecular complexity index is 2350. The summed E-state index contributed by atoms with van der Waals surface area (Å²) in [6, 6.07) is 11.4. The molecule has 0 aliphatic carbocycles. The highest BCUT2D eigenvalue weighted by atomic mass is 79.9. The number of benzene rings is 2. The Labute approximate surface area is 276 Å². The average molecular weight is 716 g/mol. The van der Waals surface area contributed by atoms with Gasteiger partial charge in [-0.2, -0.15) is 0 Å². The third-order valence-electron chi connectivity index (χ3n) is 7.61. The van der Waals surface area contributed by atoms with Crippen LogP contribution in [-0.4, -0.2) is 71.2 Å². The summed E-state index contributed by atoms with van der Waals surface area (Å²) in [4.78, 5) is 31.3. The van der Waals surface area contributed by atoms with Gasteiger partial charge in [0.2, 0.25) is 0 Å². The number of fused-ring (bicyclic) bond motifs is 4. The summed E-state index contributed by atoms with van der Waals surface area (Å²) < 4.78 is 35.3. The van der Waals surface area contributed by atoms with Crippen LogP contribution in [0.3, 0.4) is 0 Å². The van der Waals surface area contributed by atoms with Crippen molar-refractivity contribution in [3.05, 3.63) is 75.9 Å². The molecule has 0 bridgehead atoms. The van der Waals surface area contributed by atoms with Crippen LogP contribution in [0, 0.1) is 0 Å². The number of sulfone groups is 1. The summed E-state index contributed by atoms with van der Waals surface area (Å²) in [6.45, 7) is 1.34. The van der Waals surface area contributed by atoms with E-state index < -0.39 is 9.84 Å². The fourth-order valence-electron chi connectivity index (χ4n) is 5.29. The van der Waals surface area contributed by atoms with Gasteiger partial charge in [0.15, 0.2) is 9.84 Å². The molecule has 0 atom stereocenters. The zero-order chi connectivity index (χ0) is 32.7. The van der Waals surface area contributed by atoms with Gasteiger partial charge in [-0.3, -0.25) is 9.98 Å². The number of H-pyrrole nitrogens is 2. The molecule has 4 aromatic heterocycles. The number of nitrogens with zero attached hydrogens (tertiary/aromatic N) is 6. The quantitative estimate of drug-likeness (QED) is 0.166. The van der Waals surface area contributed by atoms with Crippen molar-refractivity contribution in [2.75, 3.05) is 31.1 Å². The molecule has 16 heteroatoms. The molecule has 0 spiro atoms. The maximum Gasteiger partial charge on any atom is 0.190 e. The summed E-state index contributed by atoms with van der Waals surface area (Å²) in [7, 11) is -0.117. The number of halogens is 1. The highest BCUT2D eigenvalue weighted by Gasteiger charge is 2.18. The van der Waals surface area contributed by atoms with Gasteiger partial charge in [0.25, 0.3) is 0 Å². The number of anilines is 4. The monoisotopic (exact) mass is 714 g/mol. The van der Waals surface area contributed by atoms with Gasteiger partial charge in [-0.15, -0.1) is 0 Å². The van der Waals surface area contributed by atoms with E-state index in [9.17, 15) is 8.42 Å². The molecule has 6 aromatic rings. The van der Waals surface area contributed by atoms with Crippen LogP contribution in [0.25, 0.3) is 22.1 Å². The molecule has 2 aliphatic rings. The van der Waals surface area contributed by atoms with Crippen LogP contribution in [0.5, 0.6) is 11.5 Å². The number of hydrogen-bond acceptors (Lipinski definition) is 12. The van der Waals surface area contributed by atoms with Crippen LogP contribution in [-0.2, 0) is 22.9 Å². The van der Waals surface area contributed by atoms with E-state index in [1.807, 2.05) is 42.8 Å². The summed E-state index contributed by atoms with van der Waals surface area (Å²) in [6.07, 6.45) is 7.72. The zero-order valence-electron chi connectivity index (χ0n) is 25.3. The van der Waals surface area contributed by atoms with Crippen molar-refractivity contribution in [1.82, 2.24) is 29.9 Å². The Hall–Kier alpha value is -5.35. The number of aliphatic imine (C=N–C) groups is 2. The van der Waals surface area contributed by atoms with E-state index in [0.717, 1.165) is 61.5 Å². The van der Waals surface area contributed by atoms with Crippen molar-refractivity contribution in [3.8, 4) is 11.5 Å². The van der Waals surface area contributed by atoms with E-state index in [1.165, 1.54) is 24.3 Å². The zero-order valence-corrected chi connectivity index (χ0v) is 27.7. The van der Waals surface area contributed by atoms with Crippen LogP contribution < -0.4 is 20.1 Å². The normalized spacial score (nSPS) is 12.9. The van der Waals surface area contributed by atoms with Gasteiger partial charge < -0.3 is 30.1 Å². The topological polar surface area (TPSA) is 185 Å². The Morgan fingerprint density at radius 3 is 1.74 bits per heavy atom. The molecule has 0 saturated heterocycles. The van der Waals surface area contributed by atoms with Crippen molar-refractivity contribution in [2.45, 2.75) is 18.1 Å². The smallest absolute Gasteiger partial charge is 0.190 e. The molecule has 0 amide bonds. The summed E-state index contributed by atoms with van der Waals surface area (Å²) in [5.74, 6) is 2.64. The van der Waals surface area contributed by atoms with Gasteiger partial charge in [-0.1, -0.05) is 0 Å². The predicted molar refractivity (Wildman–Crippen MR) is 184 cm³/mol.